The van der Waals surface area contributed by atoms with Gasteiger partial charge < -0.3 is 18.9 Å². The average Bonchev–Trinajstić information content (AvgIpc) is 3.37. The van der Waals surface area contributed by atoms with Gasteiger partial charge in [-0.15, -0.1) is 0 Å². The number of fused-ring (bicyclic) bond motifs is 6. The second-order valence-corrected chi connectivity index (χ2v) is 8.67. The highest BCUT2D eigenvalue weighted by molar-refractivity contribution is 6.24. The van der Waals surface area contributed by atoms with E-state index in [1.54, 1.807) is 28.4 Å². The molecule has 6 rings (SSSR count). The van der Waals surface area contributed by atoms with Gasteiger partial charge in [-0.25, -0.2) is 4.98 Å². The Morgan fingerprint density at radius 2 is 1.14 bits per heavy atom. The minimum absolute atomic E-state index is 0.644. The predicted octanol–water partition coefficient (Wildman–Crippen LogP) is 7.03. The van der Waals surface area contributed by atoms with Crippen molar-refractivity contribution in [3.63, 3.8) is 0 Å². The first-order chi connectivity index (χ1) is 18.2. The summed E-state index contributed by atoms with van der Waals surface area (Å²) in [6.07, 6.45) is 0. The Hall–Kier alpha value is -4.71. The molecule has 6 heteroatoms. The van der Waals surface area contributed by atoms with E-state index in [1.165, 1.54) is 0 Å². The second kappa shape index (κ2) is 9.06. The largest absolute Gasteiger partial charge is 0.493 e. The molecule has 37 heavy (non-hydrogen) atoms. The van der Waals surface area contributed by atoms with Gasteiger partial charge in [0.05, 0.1) is 45.2 Å². The van der Waals surface area contributed by atoms with Crippen molar-refractivity contribution >= 4 is 32.6 Å². The van der Waals surface area contributed by atoms with E-state index in [2.05, 4.69) is 28.8 Å². The fourth-order valence-corrected chi connectivity index (χ4v) is 5.07. The molecule has 0 atom stereocenters. The molecule has 6 nitrogen and oxygen atoms in total. The number of hydrogen-bond donors (Lipinski definition) is 0. The molecule has 0 aliphatic carbocycles. The lowest BCUT2D eigenvalue weighted by Gasteiger charge is -2.16. The molecule has 1 aromatic heterocycles. The van der Waals surface area contributed by atoms with Gasteiger partial charge in [0, 0.05) is 22.4 Å². The predicted molar refractivity (Wildman–Crippen MR) is 148 cm³/mol. The second-order valence-electron chi connectivity index (χ2n) is 8.67. The third kappa shape index (κ3) is 3.52. The maximum absolute atomic E-state index is 5.72. The number of rotatable bonds is 6. The van der Waals surface area contributed by atoms with E-state index in [4.69, 9.17) is 23.9 Å². The maximum atomic E-state index is 5.72. The van der Waals surface area contributed by atoms with E-state index in [1.807, 2.05) is 60.7 Å². The number of methoxy groups -OCH3 is 4. The van der Waals surface area contributed by atoms with Crippen molar-refractivity contribution in [3.05, 3.63) is 84.9 Å². The van der Waals surface area contributed by atoms with Crippen LogP contribution in [0.2, 0.25) is 0 Å². The van der Waals surface area contributed by atoms with Crippen LogP contribution in [0, 0.1) is 0 Å². The Morgan fingerprint density at radius 3 is 1.81 bits per heavy atom. The summed E-state index contributed by atoms with van der Waals surface area (Å²) in [5.74, 6) is 3.48. The zero-order chi connectivity index (χ0) is 25.5. The smallest absolute Gasteiger partial charge is 0.162 e. The van der Waals surface area contributed by atoms with Gasteiger partial charge >= 0.3 is 0 Å². The fourth-order valence-electron chi connectivity index (χ4n) is 5.07. The number of benzene rings is 5. The zero-order valence-electron chi connectivity index (χ0n) is 21.1. The Kier molecular flexibility index (Phi) is 5.57. The third-order valence-corrected chi connectivity index (χ3v) is 6.79. The molecule has 0 amide bonds. The van der Waals surface area contributed by atoms with Crippen LogP contribution < -0.4 is 18.9 Å². The highest BCUT2D eigenvalue weighted by atomic mass is 16.5. The molecular formula is C31H26N2O4. The minimum Gasteiger partial charge on any atom is -0.493 e. The van der Waals surface area contributed by atoms with E-state index in [0.717, 1.165) is 49.7 Å². The van der Waals surface area contributed by atoms with Gasteiger partial charge in [0.1, 0.15) is 5.82 Å². The lowest BCUT2D eigenvalue weighted by molar-refractivity contribution is 0.355. The summed E-state index contributed by atoms with van der Waals surface area (Å²) in [5.41, 5.74) is 3.79. The summed E-state index contributed by atoms with van der Waals surface area (Å²) in [4.78, 5) is 5.25. The van der Waals surface area contributed by atoms with E-state index < -0.39 is 0 Å². The molecule has 6 aromatic rings. The van der Waals surface area contributed by atoms with Crippen LogP contribution >= 0.6 is 0 Å². The minimum atomic E-state index is 0.644. The van der Waals surface area contributed by atoms with Crippen molar-refractivity contribution < 1.29 is 18.9 Å². The normalized spacial score (nSPS) is 11.2. The Bertz CT molecular complexity index is 1770. The summed E-state index contributed by atoms with van der Waals surface area (Å²) in [5, 5.41) is 4.23. The number of hydrogen-bond acceptors (Lipinski definition) is 5. The highest BCUT2D eigenvalue weighted by Gasteiger charge is 2.22. The third-order valence-electron chi connectivity index (χ3n) is 6.79. The summed E-state index contributed by atoms with van der Waals surface area (Å²) in [6.45, 7) is 0. The summed E-state index contributed by atoms with van der Waals surface area (Å²) >= 11 is 0. The van der Waals surface area contributed by atoms with Gasteiger partial charge in [0.2, 0.25) is 0 Å². The lowest BCUT2D eigenvalue weighted by Crippen LogP contribution is -2.00. The average molecular weight is 491 g/mol. The zero-order valence-corrected chi connectivity index (χ0v) is 21.1. The van der Waals surface area contributed by atoms with Gasteiger partial charge in [0.25, 0.3) is 0 Å². The van der Waals surface area contributed by atoms with E-state index in [9.17, 15) is 0 Å². The standard InChI is InChI=1S/C31H26N2O4/c1-34-25-15-14-20(16-26(25)35-2)33-30-24-18-28(37-4)27(36-3)17-23(24)21-12-8-9-13-22(21)29(30)32-31(33)19-10-6-5-7-11-19/h5-18H,1-4H3. The van der Waals surface area contributed by atoms with Crippen molar-refractivity contribution in [2.75, 3.05) is 28.4 Å². The van der Waals surface area contributed by atoms with Crippen LogP contribution in [0.3, 0.4) is 0 Å². The van der Waals surface area contributed by atoms with E-state index in [0.29, 0.717) is 23.0 Å². The molecule has 0 saturated carbocycles. The quantitative estimate of drug-likeness (QED) is 0.235. The first-order valence-corrected chi connectivity index (χ1v) is 11.9. The van der Waals surface area contributed by atoms with Crippen LogP contribution in [0.15, 0.2) is 84.9 Å². The summed E-state index contributed by atoms with van der Waals surface area (Å²) in [6, 6.07) is 28.6. The Morgan fingerprint density at radius 1 is 0.541 bits per heavy atom. The molecule has 0 aliphatic heterocycles. The van der Waals surface area contributed by atoms with Gasteiger partial charge in [-0.05, 0) is 35.0 Å². The molecule has 0 aliphatic rings. The van der Waals surface area contributed by atoms with Crippen molar-refractivity contribution in [3.8, 4) is 40.1 Å². The van der Waals surface area contributed by atoms with Gasteiger partial charge in [-0.2, -0.15) is 0 Å². The van der Waals surface area contributed by atoms with Crippen LogP contribution in [0.5, 0.6) is 23.0 Å². The van der Waals surface area contributed by atoms with Crippen molar-refractivity contribution in [2.24, 2.45) is 0 Å². The first kappa shape index (κ1) is 22.7. The molecule has 0 saturated heterocycles. The number of imidazole rings is 1. The topological polar surface area (TPSA) is 54.7 Å². The summed E-state index contributed by atoms with van der Waals surface area (Å²) in [7, 11) is 6.60. The molecule has 0 bridgehead atoms. The fraction of sp³-hybridized carbons (Fsp3) is 0.129. The molecular weight excluding hydrogens is 464 g/mol. The molecule has 0 spiro atoms. The Labute approximate surface area is 214 Å². The van der Waals surface area contributed by atoms with Crippen LogP contribution in [-0.2, 0) is 0 Å². The first-order valence-electron chi connectivity index (χ1n) is 11.9. The Balaban J connectivity index is 1.85. The SMILES string of the molecule is COc1ccc(-n2c(-c3ccccc3)nc3c4ccccc4c4cc(OC)c(OC)cc4c32)cc1OC. The number of nitrogens with zero attached hydrogens (tertiary/aromatic N) is 2. The van der Waals surface area contributed by atoms with Crippen LogP contribution in [0.25, 0.3) is 49.7 Å². The molecule has 0 N–H and O–H groups in total. The molecule has 0 radical (unpaired) electrons. The molecule has 184 valence electrons. The summed E-state index contributed by atoms with van der Waals surface area (Å²) < 4.78 is 24.8. The lowest BCUT2D eigenvalue weighted by atomic mass is 9.99. The molecule has 1 heterocycles. The van der Waals surface area contributed by atoms with E-state index >= 15 is 0 Å². The maximum Gasteiger partial charge on any atom is 0.162 e. The highest BCUT2D eigenvalue weighted by Crippen LogP contribution is 2.43. The molecule has 5 aromatic carbocycles. The van der Waals surface area contributed by atoms with Crippen LogP contribution in [0.4, 0.5) is 0 Å². The van der Waals surface area contributed by atoms with Crippen molar-refractivity contribution in [1.29, 1.82) is 0 Å². The van der Waals surface area contributed by atoms with E-state index in [-0.39, 0.29) is 0 Å². The van der Waals surface area contributed by atoms with Crippen LogP contribution in [-0.4, -0.2) is 38.0 Å². The van der Waals surface area contributed by atoms with Gasteiger partial charge in [-0.1, -0.05) is 54.6 Å². The molecule has 0 unspecified atom stereocenters. The van der Waals surface area contributed by atoms with Crippen molar-refractivity contribution in [2.45, 2.75) is 0 Å². The van der Waals surface area contributed by atoms with Gasteiger partial charge in [0.15, 0.2) is 23.0 Å². The monoisotopic (exact) mass is 490 g/mol. The van der Waals surface area contributed by atoms with Crippen LogP contribution in [0.1, 0.15) is 0 Å². The van der Waals surface area contributed by atoms with Gasteiger partial charge in [-0.3, -0.25) is 4.57 Å². The van der Waals surface area contributed by atoms with Crippen molar-refractivity contribution in [1.82, 2.24) is 9.55 Å². The number of aromatic nitrogens is 2. The molecule has 0 fully saturated rings. The number of ether oxygens (including phenoxy) is 4.